The third-order valence-electron chi connectivity index (χ3n) is 3.78. The number of benzene rings is 1. The molecular formula is C15H23N3O2. The van der Waals surface area contributed by atoms with Gasteiger partial charge in [0.25, 0.3) is 5.91 Å². The molecule has 1 fully saturated rings. The van der Waals surface area contributed by atoms with Crippen molar-refractivity contribution in [1.29, 1.82) is 0 Å². The first kappa shape index (κ1) is 14.8. The molecule has 0 aliphatic carbocycles. The van der Waals surface area contributed by atoms with Gasteiger partial charge in [0.05, 0.1) is 11.7 Å². The van der Waals surface area contributed by atoms with Gasteiger partial charge in [-0.05, 0) is 39.1 Å². The van der Waals surface area contributed by atoms with Crippen molar-refractivity contribution >= 4 is 11.6 Å². The molecule has 20 heavy (non-hydrogen) atoms. The van der Waals surface area contributed by atoms with Crippen molar-refractivity contribution < 1.29 is 9.90 Å². The van der Waals surface area contributed by atoms with Gasteiger partial charge in [0, 0.05) is 24.8 Å². The normalized spacial score (nSPS) is 22.6. The van der Waals surface area contributed by atoms with Crippen LogP contribution in [0.1, 0.15) is 22.3 Å². The molecule has 0 aromatic heterocycles. The molecule has 0 saturated carbocycles. The fraction of sp³-hybridized carbons (Fsp3) is 0.533. The Hall–Kier alpha value is -1.59. The molecule has 1 amide bonds. The van der Waals surface area contributed by atoms with E-state index in [-0.39, 0.29) is 11.9 Å². The zero-order valence-corrected chi connectivity index (χ0v) is 12.3. The lowest BCUT2D eigenvalue weighted by Crippen LogP contribution is -2.41. The van der Waals surface area contributed by atoms with Crippen molar-refractivity contribution in [2.75, 3.05) is 32.9 Å². The predicted molar refractivity (Wildman–Crippen MR) is 79.6 cm³/mol. The lowest BCUT2D eigenvalue weighted by Gasteiger charge is -2.27. The summed E-state index contributed by atoms with van der Waals surface area (Å²) in [6.07, 6.45) is 0.172. The number of carbonyl (C=O) groups excluding carboxylic acids is 1. The second kappa shape index (κ2) is 5.81. The molecule has 3 N–H and O–H groups in total. The molecule has 1 aliphatic rings. The maximum absolute atomic E-state index is 12.7. The van der Waals surface area contributed by atoms with E-state index >= 15 is 0 Å². The van der Waals surface area contributed by atoms with Crippen molar-refractivity contribution in [1.82, 2.24) is 9.80 Å². The zero-order chi connectivity index (χ0) is 14.9. The van der Waals surface area contributed by atoms with Gasteiger partial charge in [0.2, 0.25) is 0 Å². The van der Waals surface area contributed by atoms with Gasteiger partial charge in [-0.2, -0.15) is 0 Å². The smallest absolute Gasteiger partial charge is 0.256 e. The Bertz CT molecular complexity index is 502. The summed E-state index contributed by atoms with van der Waals surface area (Å²) in [5.74, 6) is -0.0883. The van der Waals surface area contributed by atoms with E-state index in [1.807, 2.05) is 38.1 Å². The summed E-state index contributed by atoms with van der Waals surface area (Å²) in [4.78, 5) is 16.4. The second-order valence-corrected chi connectivity index (χ2v) is 5.80. The third-order valence-corrected chi connectivity index (χ3v) is 3.78. The number of nitrogens with zero attached hydrogens (tertiary/aromatic N) is 2. The van der Waals surface area contributed by atoms with Crippen molar-refractivity contribution in [2.24, 2.45) is 0 Å². The van der Waals surface area contributed by atoms with Crippen LogP contribution in [0.5, 0.6) is 0 Å². The number of aliphatic hydroxyl groups excluding tert-OH is 1. The highest BCUT2D eigenvalue weighted by molar-refractivity contribution is 6.00. The standard InChI is InChI=1S/C15H23N3O2/c1-10-5-4-6-13(14(10)16)15(20)18-9-12(19)7-11(18)8-17(2)3/h4-6,11-12,19H,7-9,16H2,1-3H3. The van der Waals surface area contributed by atoms with Crippen LogP contribution < -0.4 is 5.73 Å². The molecule has 5 nitrogen and oxygen atoms in total. The van der Waals surface area contributed by atoms with E-state index in [4.69, 9.17) is 5.73 Å². The van der Waals surface area contributed by atoms with Crippen molar-refractivity contribution in [2.45, 2.75) is 25.5 Å². The van der Waals surface area contributed by atoms with Crippen molar-refractivity contribution in [3.8, 4) is 0 Å². The van der Waals surface area contributed by atoms with Crippen LogP contribution in [0.25, 0.3) is 0 Å². The van der Waals surface area contributed by atoms with E-state index in [1.165, 1.54) is 0 Å². The molecule has 0 spiro atoms. The van der Waals surface area contributed by atoms with E-state index in [9.17, 15) is 9.90 Å². The summed E-state index contributed by atoms with van der Waals surface area (Å²) >= 11 is 0. The monoisotopic (exact) mass is 277 g/mol. The first-order valence-corrected chi connectivity index (χ1v) is 6.89. The number of carbonyl (C=O) groups is 1. The number of amides is 1. The van der Waals surface area contributed by atoms with Crippen LogP contribution in [0.2, 0.25) is 0 Å². The number of hydrogen-bond donors (Lipinski definition) is 2. The van der Waals surface area contributed by atoms with Gasteiger partial charge in [-0.3, -0.25) is 4.79 Å². The molecule has 2 unspecified atom stereocenters. The summed E-state index contributed by atoms with van der Waals surface area (Å²) in [5, 5.41) is 9.86. The maximum atomic E-state index is 12.7. The number of rotatable bonds is 3. The number of aryl methyl sites for hydroxylation is 1. The van der Waals surface area contributed by atoms with Gasteiger partial charge >= 0.3 is 0 Å². The highest BCUT2D eigenvalue weighted by atomic mass is 16.3. The first-order valence-electron chi connectivity index (χ1n) is 6.89. The molecule has 0 radical (unpaired) electrons. The number of anilines is 1. The summed E-state index contributed by atoms with van der Waals surface area (Å²) in [6, 6.07) is 5.52. The lowest BCUT2D eigenvalue weighted by molar-refractivity contribution is 0.0700. The number of aliphatic hydroxyl groups is 1. The van der Waals surface area contributed by atoms with Crippen LogP contribution >= 0.6 is 0 Å². The molecular weight excluding hydrogens is 254 g/mol. The molecule has 1 aromatic rings. The van der Waals surface area contributed by atoms with Crippen LogP contribution in [-0.2, 0) is 0 Å². The number of likely N-dealkylation sites (tertiary alicyclic amines) is 1. The highest BCUT2D eigenvalue weighted by Crippen LogP contribution is 2.24. The SMILES string of the molecule is Cc1cccc(C(=O)N2CC(O)CC2CN(C)C)c1N. The predicted octanol–water partition coefficient (Wildman–Crippen LogP) is 0.714. The lowest BCUT2D eigenvalue weighted by atomic mass is 10.1. The van der Waals surface area contributed by atoms with Crippen molar-refractivity contribution in [3.05, 3.63) is 29.3 Å². The molecule has 0 bridgehead atoms. The molecule has 2 atom stereocenters. The molecule has 5 heteroatoms. The minimum atomic E-state index is -0.449. The Balaban J connectivity index is 2.24. The van der Waals surface area contributed by atoms with Crippen LogP contribution in [0.3, 0.4) is 0 Å². The Morgan fingerprint density at radius 2 is 2.20 bits per heavy atom. The molecule has 1 saturated heterocycles. The quantitative estimate of drug-likeness (QED) is 0.799. The maximum Gasteiger partial charge on any atom is 0.256 e. The topological polar surface area (TPSA) is 69.8 Å². The van der Waals surface area contributed by atoms with Gasteiger partial charge in [-0.25, -0.2) is 0 Å². The summed E-state index contributed by atoms with van der Waals surface area (Å²) < 4.78 is 0. The molecule has 1 aliphatic heterocycles. The number of β-amino-alcohol motifs (C(OH)–C–C–N with tert-alkyl or cyclic N) is 1. The van der Waals surface area contributed by atoms with Gasteiger partial charge in [0.15, 0.2) is 0 Å². The van der Waals surface area contributed by atoms with Gasteiger partial charge in [-0.1, -0.05) is 12.1 Å². The van der Waals surface area contributed by atoms with Gasteiger partial charge in [0.1, 0.15) is 0 Å². The average molecular weight is 277 g/mol. The highest BCUT2D eigenvalue weighted by Gasteiger charge is 2.35. The van der Waals surface area contributed by atoms with E-state index in [1.54, 1.807) is 11.0 Å². The molecule has 1 aromatic carbocycles. The molecule has 2 rings (SSSR count). The van der Waals surface area contributed by atoms with Crippen LogP contribution in [-0.4, -0.2) is 60.1 Å². The number of likely N-dealkylation sites (N-methyl/N-ethyl adjacent to an activating group) is 1. The molecule has 1 heterocycles. The van der Waals surface area contributed by atoms with Crippen LogP contribution in [0, 0.1) is 6.92 Å². The van der Waals surface area contributed by atoms with E-state index in [0.717, 1.165) is 12.1 Å². The van der Waals surface area contributed by atoms with Crippen molar-refractivity contribution in [3.63, 3.8) is 0 Å². The fourth-order valence-electron chi connectivity index (χ4n) is 2.76. The Labute approximate surface area is 120 Å². The second-order valence-electron chi connectivity index (χ2n) is 5.80. The minimum absolute atomic E-state index is 0.0346. The van der Waals surface area contributed by atoms with Crippen LogP contribution in [0.15, 0.2) is 18.2 Å². The molecule has 110 valence electrons. The van der Waals surface area contributed by atoms with Gasteiger partial charge in [-0.15, -0.1) is 0 Å². The van der Waals surface area contributed by atoms with Gasteiger partial charge < -0.3 is 20.6 Å². The average Bonchev–Trinajstić information content (AvgIpc) is 2.72. The summed E-state index contributed by atoms with van der Waals surface area (Å²) in [5.41, 5.74) is 7.98. The number of para-hydroxylation sites is 1. The summed E-state index contributed by atoms with van der Waals surface area (Å²) in [7, 11) is 3.93. The van der Waals surface area contributed by atoms with E-state index < -0.39 is 6.10 Å². The Morgan fingerprint density at radius 1 is 1.50 bits per heavy atom. The van der Waals surface area contributed by atoms with E-state index in [0.29, 0.717) is 24.2 Å². The van der Waals surface area contributed by atoms with E-state index in [2.05, 4.69) is 0 Å². The number of nitrogens with two attached hydrogens (primary N) is 1. The Kier molecular flexibility index (Phi) is 4.30. The van der Waals surface area contributed by atoms with Crippen LogP contribution in [0.4, 0.5) is 5.69 Å². The largest absolute Gasteiger partial charge is 0.398 e. The zero-order valence-electron chi connectivity index (χ0n) is 12.3. The number of hydrogen-bond acceptors (Lipinski definition) is 4. The fourth-order valence-corrected chi connectivity index (χ4v) is 2.76. The summed E-state index contributed by atoms with van der Waals surface area (Å²) in [6.45, 7) is 3.02. The minimum Gasteiger partial charge on any atom is -0.398 e. The Morgan fingerprint density at radius 3 is 2.85 bits per heavy atom. The third kappa shape index (κ3) is 2.94. The first-order chi connectivity index (χ1) is 9.40. The number of nitrogen functional groups attached to an aromatic ring is 1.